The first-order valence-corrected chi connectivity index (χ1v) is 9.02. The summed E-state index contributed by atoms with van der Waals surface area (Å²) in [6.45, 7) is 3.58. The molecule has 0 N–H and O–H groups in total. The summed E-state index contributed by atoms with van der Waals surface area (Å²) in [6, 6.07) is 9.80. The van der Waals surface area contributed by atoms with Crippen molar-refractivity contribution in [2.75, 3.05) is 6.61 Å². The van der Waals surface area contributed by atoms with Crippen molar-refractivity contribution >= 4 is 41.0 Å². The predicted octanol–water partition coefficient (Wildman–Crippen LogP) is 4.94. The zero-order valence-corrected chi connectivity index (χ0v) is 16.1. The van der Waals surface area contributed by atoms with Gasteiger partial charge in [-0.15, -0.1) is 0 Å². The lowest BCUT2D eigenvalue weighted by atomic mass is 10.1. The summed E-state index contributed by atoms with van der Waals surface area (Å²) in [5, 5.41) is 0.823. The molecule has 1 aliphatic heterocycles. The van der Waals surface area contributed by atoms with Crippen LogP contribution in [0.3, 0.4) is 0 Å². The highest BCUT2D eigenvalue weighted by Gasteiger charge is 2.29. The van der Waals surface area contributed by atoms with Crippen LogP contribution in [0.4, 0.5) is 0 Å². The third-order valence-corrected chi connectivity index (χ3v) is 4.51. The van der Waals surface area contributed by atoms with Gasteiger partial charge in [-0.25, -0.2) is 4.79 Å². The van der Waals surface area contributed by atoms with Gasteiger partial charge in [0.2, 0.25) is 5.78 Å². The van der Waals surface area contributed by atoms with Crippen LogP contribution in [-0.4, -0.2) is 24.5 Å². The number of allylic oxidation sites excluding steroid dienone is 1. The Morgan fingerprint density at radius 2 is 1.93 bits per heavy atom. The van der Waals surface area contributed by atoms with Gasteiger partial charge in [0.15, 0.2) is 11.9 Å². The quantitative estimate of drug-likeness (QED) is 0.519. The number of benzene rings is 2. The van der Waals surface area contributed by atoms with Crippen molar-refractivity contribution in [2.24, 2.45) is 0 Å². The van der Waals surface area contributed by atoms with Crippen LogP contribution < -0.4 is 9.47 Å². The second-order valence-electron chi connectivity index (χ2n) is 5.75. The van der Waals surface area contributed by atoms with E-state index in [1.807, 2.05) is 0 Å². The van der Waals surface area contributed by atoms with Crippen molar-refractivity contribution < 1.29 is 23.8 Å². The van der Waals surface area contributed by atoms with E-state index in [2.05, 4.69) is 0 Å². The molecule has 0 saturated heterocycles. The molecule has 2 aromatic rings. The van der Waals surface area contributed by atoms with Crippen LogP contribution in [0, 0.1) is 0 Å². The molecular weight excluding hydrogens is 391 g/mol. The fourth-order valence-corrected chi connectivity index (χ4v) is 3.04. The zero-order valence-electron chi connectivity index (χ0n) is 14.6. The summed E-state index contributed by atoms with van der Waals surface area (Å²) in [6.07, 6.45) is 0.728. The number of esters is 1. The maximum atomic E-state index is 12.6. The van der Waals surface area contributed by atoms with Crippen LogP contribution in [0.15, 0.2) is 42.2 Å². The zero-order chi connectivity index (χ0) is 19.6. The molecule has 0 radical (unpaired) electrons. The van der Waals surface area contributed by atoms with E-state index in [1.54, 1.807) is 50.2 Å². The smallest absolute Gasteiger partial charge is 0.347 e. The van der Waals surface area contributed by atoms with Gasteiger partial charge in [-0.2, -0.15) is 0 Å². The molecular formula is C20H16Cl2O5. The average Bonchev–Trinajstić information content (AvgIpc) is 2.93. The Morgan fingerprint density at radius 1 is 1.22 bits per heavy atom. The van der Waals surface area contributed by atoms with E-state index in [4.69, 9.17) is 37.4 Å². The molecule has 1 atom stereocenters. The normalized spacial score (nSPS) is 15.3. The molecule has 2 aromatic carbocycles. The highest BCUT2D eigenvalue weighted by atomic mass is 35.5. The largest absolute Gasteiger partial charge is 0.479 e. The fraction of sp³-hybridized carbons (Fsp3) is 0.200. The summed E-state index contributed by atoms with van der Waals surface area (Å²) in [5.74, 6) is 0.0765. The molecule has 7 heteroatoms. The third kappa shape index (κ3) is 4.10. The van der Waals surface area contributed by atoms with Crippen molar-refractivity contribution in [1.82, 2.24) is 0 Å². The van der Waals surface area contributed by atoms with Crippen LogP contribution >= 0.6 is 23.2 Å². The van der Waals surface area contributed by atoms with Gasteiger partial charge in [-0.05, 0) is 44.2 Å². The van der Waals surface area contributed by atoms with Crippen molar-refractivity contribution in [1.29, 1.82) is 0 Å². The maximum Gasteiger partial charge on any atom is 0.347 e. The number of hydrogen-bond donors (Lipinski definition) is 0. The van der Waals surface area contributed by atoms with Crippen molar-refractivity contribution in [3.05, 3.63) is 63.3 Å². The Labute approximate surface area is 166 Å². The molecule has 0 amide bonds. The average molecular weight is 407 g/mol. The van der Waals surface area contributed by atoms with E-state index in [-0.39, 0.29) is 18.1 Å². The molecule has 140 valence electrons. The van der Waals surface area contributed by atoms with E-state index in [1.165, 1.54) is 6.08 Å². The lowest BCUT2D eigenvalue weighted by Crippen LogP contribution is -2.26. The van der Waals surface area contributed by atoms with Gasteiger partial charge in [0.05, 0.1) is 12.2 Å². The summed E-state index contributed by atoms with van der Waals surface area (Å²) in [7, 11) is 0. The molecule has 0 bridgehead atoms. The number of rotatable bonds is 5. The third-order valence-electron chi connectivity index (χ3n) is 3.85. The summed E-state index contributed by atoms with van der Waals surface area (Å²) < 4.78 is 16.1. The minimum atomic E-state index is -0.781. The number of carbonyl (C=O) groups is 2. The van der Waals surface area contributed by atoms with E-state index in [9.17, 15) is 9.59 Å². The van der Waals surface area contributed by atoms with Crippen LogP contribution in [0.5, 0.6) is 11.5 Å². The van der Waals surface area contributed by atoms with Gasteiger partial charge in [0.1, 0.15) is 11.5 Å². The lowest BCUT2D eigenvalue weighted by Gasteiger charge is -2.13. The highest BCUT2D eigenvalue weighted by Crippen LogP contribution is 2.36. The summed E-state index contributed by atoms with van der Waals surface area (Å²) in [4.78, 5) is 24.2. The van der Waals surface area contributed by atoms with Gasteiger partial charge < -0.3 is 14.2 Å². The second kappa shape index (κ2) is 8.03. The second-order valence-corrected chi connectivity index (χ2v) is 6.56. The van der Waals surface area contributed by atoms with Gasteiger partial charge in [-0.1, -0.05) is 29.3 Å². The van der Waals surface area contributed by atoms with Gasteiger partial charge >= 0.3 is 5.97 Å². The van der Waals surface area contributed by atoms with Gasteiger partial charge in [-0.3, -0.25) is 4.79 Å². The molecule has 1 aliphatic rings. The van der Waals surface area contributed by atoms with E-state index in [0.29, 0.717) is 32.7 Å². The molecule has 0 aliphatic carbocycles. The number of Topliss-reactive ketones (excluding diaryl/α,β-unsaturated/α-hetero) is 1. The lowest BCUT2D eigenvalue weighted by molar-refractivity contribution is -0.150. The molecule has 0 unspecified atom stereocenters. The van der Waals surface area contributed by atoms with E-state index in [0.717, 1.165) is 0 Å². The Kier molecular flexibility index (Phi) is 5.73. The van der Waals surface area contributed by atoms with Gasteiger partial charge in [0, 0.05) is 21.7 Å². The molecule has 5 nitrogen and oxygen atoms in total. The number of halogens is 2. The molecule has 0 saturated carbocycles. The first-order chi connectivity index (χ1) is 12.9. The van der Waals surface area contributed by atoms with Crippen LogP contribution in [0.1, 0.15) is 29.8 Å². The standard InChI is InChI=1S/C20H16Cl2O5/c1-3-25-20(24)11(2)26-12-7-8-13-17(9-12)27-18(19(13)23)10-14-15(21)5-4-6-16(14)22/h4-11H,3H2,1-2H3/t11-/m1/s1. The monoisotopic (exact) mass is 406 g/mol. The topological polar surface area (TPSA) is 61.8 Å². The molecule has 0 fully saturated rings. The first-order valence-electron chi connectivity index (χ1n) is 8.26. The molecule has 27 heavy (non-hydrogen) atoms. The van der Waals surface area contributed by atoms with Crippen LogP contribution in [-0.2, 0) is 9.53 Å². The predicted molar refractivity (Wildman–Crippen MR) is 103 cm³/mol. The molecule has 1 heterocycles. The Balaban J connectivity index is 1.83. The summed E-state index contributed by atoms with van der Waals surface area (Å²) in [5.41, 5.74) is 0.893. The summed E-state index contributed by atoms with van der Waals surface area (Å²) >= 11 is 12.3. The minimum absolute atomic E-state index is 0.107. The number of ether oxygens (including phenoxy) is 3. The number of carbonyl (C=O) groups excluding carboxylic acids is 2. The Bertz CT molecular complexity index is 916. The van der Waals surface area contributed by atoms with Crippen LogP contribution in [0.2, 0.25) is 10.0 Å². The minimum Gasteiger partial charge on any atom is -0.479 e. The maximum absolute atomic E-state index is 12.6. The van der Waals surface area contributed by atoms with Crippen LogP contribution in [0.25, 0.3) is 6.08 Å². The molecule has 0 aromatic heterocycles. The van der Waals surface area contributed by atoms with E-state index >= 15 is 0 Å². The Hall–Kier alpha value is -2.50. The molecule has 0 spiro atoms. The number of ketones is 1. The van der Waals surface area contributed by atoms with Crippen molar-refractivity contribution in [3.63, 3.8) is 0 Å². The van der Waals surface area contributed by atoms with Crippen molar-refractivity contribution in [2.45, 2.75) is 20.0 Å². The van der Waals surface area contributed by atoms with Gasteiger partial charge in [0.25, 0.3) is 0 Å². The first kappa shape index (κ1) is 19.3. The number of hydrogen-bond acceptors (Lipinski definition) is 5. The fourth-order valence-electron chi connectivity index (χ4n) is 2.53. The Morgan fingerprint density at radius 3 is 2.59 bits per heavy atom. The highest BCUT2D eigenvalue weighted by molar-refractivity contribution is 6.37. The molecule has 3 rings (SSSR count). The SMILES string of the molecule is CCOC(=O)[C@@H](C)Oc1ccc2c(c1)OC(=Cc1c(Cl)cccc1Cl)C2=O. The van der Waals surface area contributed by atoms with E-state index < -0.39 is 12.1 Å². The van der Waals surface area contributed by atoms with Crippen molar-refractivity contribution in [3.8, 4) is 11.5 Å². The number of fused-ring (bicyclic) bond motifs is 1.